The lowest BCUT2D eigenvalue weighted by atomic mass is 10.2. The van der Waals surface area contributed by atoms with Crippen molar-refractivity contribution >= 4 is 39.2 Å². The van der Waals surface area contributed by atoms with E-state index < -0.39 is 11.7 Å². The smallest absolute Gasteiger partial charge is 0.325 e. The van der Waals surface area contributed by atoms with Crippen molar-refractivity contribution in [2.75, 3.05) is 37.0 Å². The van der Waals surface area contributed by atoms with Crippen LogP contribution >= 0.6 is 15.9 Å². The number of anilines is 2. The maximum absolute atomic E-state index is 13.8. The molecule has 26 heavy (non-hydrogen) atoms. The van der Waals surface area contributed by atoms with Crippen LogP contribution < -0.4 is 15.0 Å². The number of rotatable bonds is 5. The molecule has 0 aliphatic carbocycles. The number of nitrogens with one attached hydrogen (secondary N) is 1. The minimum absolute atomic E-state index is 0.0754. The van der Waals surface area contributed by atoms with Gasteiger partial charge in [0, 0.05) is 17.6 Å². The van der Waals surface area contributed by atoms with E-state index in [1.54, 1.807) is 23.1 Å². The Morgan fingerprint density at radius 3 is 2.77 bits per heavy atom. The van der Waals surface area contributed by atoms with Crippen molar-refractivity contribution < 1.29 is 18.7 Å². The lowest BCUT2D eigenvalue weighted by Crippen LogP contribution is -2.37. The highest BCUT2D eigenvalue weighted by atomic mass is 79.9. The molecule has 3 rings (SSSR count). The van der Waals surface area contributed by atoms with Gasteiger partial charge in [0.25, 0.3) is 0 Å². The Labute approximate surface area is 158 Å². The van der Waals surface area contributed by atoms with Crippen molar-refractivity contribution in [2.24, 2.45) is 0 Å². The number of amides is 3. The molecule has 1 aliphatic rings. The summed E-state index contributed by atoms with van der Waals surface area (Å²) in [5, 5.41) is 2.49. The van der Waals surface area contributed by atoms with E-state index in [1.807, 2.05) is 12.1 Å². The summed E-state index contributed by atoms with van der Waals surface area (Å²) in [6.45, 7) is 0.687. The van der Waals surface area contributed by atoms with Crippen LogP contribution in [0.25, 0.3) is 0 Å². The van der Waals surface area contributed by atoms with Gasteiger partial charge in [-0.3, -0.25) is 9.69 Å². The molecule has 8 heteroatoms. The number of benzene rings is 2. The summed E-state index contributed by atoms with van der Waals surface area (Å²) in [7, 11) is 1.54. The lowest BCUT2D eigenvalue weighted by molar-refractivity contribution is -0.116. The van der Waals surface area contributed by atoms with Crippen LogP contribution in [-0.2, 0) is 4.79 Å². The highest BCUT2D eigenvalue weighted by molar-refractivity contribution is 9.10. The first-order valence-corrected chi connectivity index (χ1v) is 8.73. The molecule has 1 N–H and O–H groups in total. The maximum Gasteiger partial charge on any atom is 0.325 e. The highest BCUT2D eigenvalue weighted by Gasteiger charge is 2.32. The molecule has 3 amide bonds. The number of halogens is 2. The molecular weight excluding hydrogens is 405 g/mol. The fraction of sp³-hybridized carbons (Fsp3) is 0.222. The molecular formula is C18H17BrFN3O3. The first-order chi connectivity index (χ1) is 12.5. The summed E-state index contributed by atoms with van der Waals surface area (Å²) in [5.41, 5.74) is 0.730. The second kappa shape index (κ2) is 7.74. The van der Waals surface area contributed by atoms with Crippen LogP contribution in [0.5, 0.6) is 5.75 Å². The van der Waals surface area contributed by atoms with Crippen LogP contribution in [0.3, 0.4) is 0 Å². The van der Waals surface area contributed by atoms with Gasteiger partial charge in [-0.05, 0) is 30.3 Å². The average molecular weight is 422 g/mol. The van der Waals surface area contributed by atoms with E-state index in [0.717, 1.165) is 0 Å². The summed E-state index contributed by atoms with van der Waals surface area (Å²) >= 11 is 3.16. The number of hydrogen-bond acceptors (Lipinski definition) is 3. The van der Waals surface area contributed by atoms with E-state index >= 15 is 0 Å². The third-order valence-electron chi connectivity index (χ3n) is 4.01. The number of nitrogens with zero attached hydrogens (tertiary/aromatic N) is 2. The molecule has 0 unspecified atom stereocenters. The Kier molecular flexibility index (Phi) is 5.41. The van der Waals surface area contributed by atoms with Crippen molar-refractivity contribution in [3.05, 3.63) is 52.8 Å². The molecule has 1 fully saturated rings. The minimum Gasteiger partial charge on any atom is -0.495 e. The van der Waals surface area contributed by atoms with Crippen molar-refractivity contribution in [3.8, 4) is 5.75 Å². The van der Waals surface area contributed by atoms with Gasteiger partial charge in [0.2, 0.25) is 5.91 Å². The summed E-state index contributed by atoms with van der Waals surface area (Å²) in [6.07, 6.45) is 0. The molecule has 0 saturated carbocycles. The van der Waals surface area contributed by atoms with Crippen LogP contribution in [0.2, 0.25) is 0 Å². The van der Waals surface area contributed by atoms with Crippen LogP contribution in [0.4, 0.5) is 20.6 Å². The predicted molar refractivity (Wildman–Crippen MR) is 100 cm³/mol. The Morgan fingerprint density at radius 2 is 2.04 bits per heavy atom. The van der Waals surface area contributed by atoms with Crippen molar-refractivity contribution in [3.63, 3.8) is 0 Å². The van der Waals surface area contributed by atoms with E-state index in [0.29, 0.717) is 29.0 Å². The van der Waals surface area contributed by atoms with Crippen molar-refractivity contribution in [1.82, 2.24) is 4.90 Å². The van der Waals surface area contributed by atoms with Gasteiger partial charge in [-0.15, -0.1) is 0 Å². The molecule has 2 aromatic rings. The molecule has 6 nitrogen and oxygen atoms in total. The Hall–Kier alpha value is -2.61. The van der Waals surface area contributed by atoms with Gasteiger partial charge in [-0.25, -0.2) is 9.18 Å². The number of carbonyl (C=O) groups excluding carboxylic acids is 2. The molecule has 2 aromatic carbocycles. The topological polar surface area (TPSA) is 61.9 Å². The number of hydrogen-bond donors (Lipinski definition) is 1. The normalized spacial score (nSPS) is 13.9. The number of para-hydroxylation sites is 2. The number of ether oxygens (including phenoxy) is 1. The van der Waals surface area contributed by atoms with Gasteiger partial charge in [-0.2, -0.15) is 0 Å². The molecule has 1 heterocycles. The van der Waals surface area contributed by atoms with E-state index in [4.69, 9.17) is 4.74 Å². The molecule has 0 atom stereocenters. The second-order valence-corrected chi connectivity index (χ2v) is 6.62. The fourth-order valence-electron chi connectivity index (χ4n) is 2.76. The van der Waals surface area contributed by atoms with Gasteiger partial charge in [0.15, 0.2) is 0 Å². The number of urea groups is 1. The van der Waals surface area contributed by atoms with E-state index in [9.17, 15) is 14.0 Å². The molecule has 0 radical (unpaired) electrons. The first kappa shape index (κ1) is 18.2. The summed E-state index contributed by atoms with van der Waals surface area (Å²) in [6, 6.07) is 11.3. The summed E-state index contributed by atoms with van der Waals surface area (Å²) < 4.78 is 19.7. The molecule has 1 saturated heterocycles. The molecule has 0 spiro atoms. The van der Waals surface area contributed by atoms with Crippen LogP contribution in [0.1, 0.15) is 0 Å². The zero-order chi connectivity index (χ0) is 18.7. The first-order valence-electron chi connectivity index (χ1n) is 7.94. The zero-order valence-corrected chi connectivity index (χ0v) is 15.6. The zero-order valence-electron chi connectivity index (χ0n) is 14.0. The standard InChI is InChI=1S/C18H17BrFN3O3/c1-26-16-5-3-2-4-15(16)23-9-8-22(18(23)25)11-17(24)21-14-7-6-12(19)10-13(14)20/h2-7,10H,8-9,11H2,1H3,(H,21,24). The van der Waals surface area contributed by atoms with Crippen LogP contribution in [0, 0.1) is 5.82 Å². The van der Waals surface area contributed by atoms with Crippen LogP contribution in [-0.4, -0.2) is 43.6 Å². The van der Waals surface area contributed by atoms with E-state index in [-0.39, 0.29) is 18.3 Å². The average Bonchev–Trinajstić information content (AvgIpc) is 2.98. The third kappa shape index (κ3) is 3.80. The summed E-state index contributed by atoms with van der Waals surface area (Å²) in [5.74, 6) is -0.415. The molecule has 0 aromatic heterocycles. The Balaban J connectivity index is 1.66. The summed E-state index contributed by atoms with van der Waals surface area (Å²) in [4.78, 5) is 27.8. The fourth-order valence-corrected chi connectivity index (χ4v) is 3.09. The van der Waals surface area contributed by atoms with Crippen LogP contribution in [0.15, 0.2) is 46.9 Å². The lowest BCUT2D eigenvalue weighted by Gasteiger charge is -2.20. The van der Waals surface area contributed by atoms with Crippen molar-refractivity contribution in [2.45, 2.75) is 0 Å². The quantitative estimate of drug-likeness (QED) is 0.803. The minimum atomic E-state index is -0.545. The largest absolute Gasteiger partial charge is 0.495 e. The third-order valence-corrected chi connectivity index (χ3v) is 4.50. The second-order valence-electron chi connectivity index (χ2n) is 5.70. The Bertz CT molecular complexity index is 846. The molecule has 0 bridgehead atoms. The highest BCUT2D eigenvalue weighted by Crippen LogP contribution is 2.30. The molecule has 136 valence electrons. The van der Waals surface area contributed by atoms with Gasteiger partial charge in [-0.1, -0.05) is 28.1 Å². The number of methoxy groups -OCH3 is 1. The van der Waals surface area contributed by atoms with Gasteiger partial charge < -0.3 is 15.0 Å². The molecule has 1 aliphatic heterocycles. The van der Waals surface area contributed by atoms with Gasteiger partial charge >= 0.3 is 6.03 Å². The van der Waals surface area contributed by atoms with Gasteiger partial charge in [0.1, 0.15) is 18.1 Å². The van der Waals surface area contributed by atoms with Gasteiger partial charge in [0.05, 0.1) is 18.5 Å². The SMILES string of the molecule is COc1ccccc1N1CCN(CC(=O)Nc2ccc(Br)cc2F)C1=O. The maximum atomic E-state index is 13.8. The monoisotopic (exact) mass is 421 g/mol. The Morgan fingerprint density at radius 1 is 1.27 bits per heavy atom. The number of carbonyl (C=O) groups is 2. The predicted octanol–water partition coefficient (Wildman–Crippen LogP) is 3.48. The van der Waals surface area contributed by atoms with Crippen molar-refractivity contribution in [1.29, 1.82) is 0 Å². The van der Waals surface area contributed by atoms with E-state index in [1.165, 1.54) is 24.1 Å². The van der Waals surface area contributed by atoms with E-state index in [2.05, 4.69) is 21.2 Å².